The first-order valence-corrected chi connectivity index (χ1v) is 5.71. The standard InChI is InChI=1S/C14H20N2O/c1-9(2)12-6-7-14(17)13(8-12)11(5)16-15-10(3)4/h6-9,15,17H,3H2,1-2,4-5H3/b16-11+. The van der Waals surface area contributed by atoms with Gasteiger partial charge in [0.05, 0.1) is 5.71 Å². The van der Waals surface area contributed by atoms with Gasteiger partial charge in [-0.25, -0.2) is 0 Å². The van der Waals surface area contributed by atoms with Crippen molar-refractivity contribution in [2.24, 2.45) is 5.10 Å². The van der Waals surface area contributed by atoms with Crippen LogP contribution >= 0.6 is 0 Å². The number of allylic oxidation sites excluding steroid dienone is 1. The second-order valence-corrected chi connectivity index (χ2v) is 4.52. The lowest BCUT2D eigenvalue weighted by Gasteiger charge is -2.10. The minimum Gasteiger partial charge on any atom is -0.507 e. The molecule has 3 nitrogen and oxygen atoms in total. The van der Waals surface area contributed by atoms with Crippen molar-refractivity contribution in [3.63, 3.8) is 0 Å². The second-order valence-electron chi connectivity index (χ2n) is 4.52. The topological polar surface area (TPSA) is 44.6 Å². The van der Waals surface area contributed by atoms with Crippen molar-refractivity contribution in [2.45, 2.75) is 33.6 Å². The Labute approximate surface area is 103 Å². The summed E-state index contributed by atoms with van der Waals surface area (Å²) in [5.41, 5.74) is 6.25. The molecule has 1 rings (SSSR count). The first kappa shape index (κ1) is 13.3. The largest absolute Gasteiger partial charge is 0.507 e. The maximum Gasteiger partial charge on any atom is 0.124 e. The lowest BCUT2D eigenvalue weighted by atomic mass is 9.99. The molecule has 1 aromatic rings. The average Bonchev–Trinajstić information content (AvgIpc) is 2.26. The van der Waals surface area contributed by atoms with Gasteiger partial charge in [0.15, 0.2) is 0 Å². The molecule has 0 saturated carbocycles. The number of phenols is 1. The maximum absolute atomic E-state index is 9.82. The van der Waals surface area contributed by atoms with Crippen molar-refractivity contribution >= 4 is 5.71 Å². The van der Waals surface area contributed by atoms with Gasteiger partial charge >= 0.3 is 0 Å². The summed E-state index contributed by atoms with van der Waals surface area (Å²) in [6, 6.07) is 5.62. The van der Waals surface area contributed by atoms with Gasteiger partial charge < -0.3 is 5.11 Å². The summed E-state index contributed by atoms with van der Waals surface area (Å²) in [6.07, 6.45) is 0. The van der Waals surface area contributed by atoms with Gasteiger partial charge in [0, 0.05) is 11.3 Å². The van der Waals surface area contributed by atoms with Crippen LogP contribution in [0.4, 0.5) is 0 Å². The lowest BCUT2D eigenvalue weighted by Crippen LogP contribution is -2.07. The van der Waals surface area contributed by atoms with Gasteiger partial charge in [0.2, 0.25) is 0 Å². The number of nitrogens with zero attached hydrogens (tertiary/aromatic N) is 1. The summed E-state index contributed by atoms with van der Waals surface area (Å²) in [5.74, 6) is 0.676. The molecule has 0 unspecified atom stereocenters. The van der Waals surface area contributed by atoms with Crippen molar-refractivity contribution in [2.75, 3.05) is 0 Å². The normalized spacial score (nSPS) is 11.7. The average molecular weight is 232 g/mol. The molecule has 0 aliphatic rings. The Morgan fingerprint density at radius 1 is 1.35 bits per heavy atom. The molecule has 0 spiro atoms. The van der Waals surface area contributed by atoms with Crippen LogP contribution in [0.15, 0.2) is 35.6 Å². The van der Waals surface area contributed by atoms with Crippen LogP contribution in [-0.4, -0.2) is 10.8 Å². The molecule has 92 valence electrons. The third-order valence-corrected chi connectivity index (χ3v) is 2.49. The smallest absolute Gasteiger partial charge is 0.124 e. The van der Waals surface area contributed by atoms with Crippen LogP contribution in [0.2, 0.25) is 0 Å². The Morgan fingerprint density at radius 3 is 2.53 bits per heavy atom. The molecule has 1 aromatic carbocycles. The van der Waals surface area contributed by atoms with Crippen LogP contribution in [0.5, 0.6) is 5.75 Å². The van der Waals surface area contributed by atoms with Gasteiger partial charge in [0.1, 0.15) is 5.75 Å². The van der Waals surface area contributed by atoms with Crippen LogP contribution in [0.25, 0.3) is 0 Å². The van der Waals surface area contributed by atoms with Gasteiger partial charge in [0.25, 0.3) is 0 Å². The third kappa shape index (κ3) is 3.63. The highest BCUT2D eigenvalue weighted by Gasteiger charge is 2.08. The number of hydrogen-bond acceptors (Lipinski definition) is 3. The van der Waals surface area contributed by atoms with Gasteiger partial charge in [-0.3, -0.25) is 5.43 Å². The lowest BCUT2D eigenvalue weighted by molar-refractivity contribution is 0.473. The summed E-state index contributed by atoms with van der Waals surface area (Å²) in [6.45, 7) is 11.6. The number of nitrogens with one attached hydrogen (secondary N) is 1. The number of benzene rings is 1. The summed E-state index contributed by atoms with van der Waals surface area (Å²) in [5, 5.41) is 14.0. The summed E-state index contributed by atoms with van der Waals surface area (Å²) < 4.78 is 0. The van der Waals surface area contributed by atoms with Gasteiger partial charge in [-0.1, -0.05) is 26.5 Å². The van der Waals surface area contributed by atoms with E-state index in [4.69, 9.17) is 0 Å². The van der Waals surface area contributed by atoms with Gasteiger partial charge in [-0.15, -0.1) is 0 Å². The molecule has 2 N–H and O–H groups in total. The number of rotatable bonds is 4. The summed E-state index contributed by atoms with van der Waals surface area (Å²) in [4.78, 5) is 0. The molecule has 0 atom stereocenters. The zero-order valence-electron chi connectivity index (χ0n) is 10.9. The SMILES string of the molecule is C=C(C)N/N=C(\C)c1cc(C(C)C)ccc1O. The number of aromatic hydroxyl groups is 1. The molecule has 0 heterocycles. The van der Waals surface area contributed by atoms with E-state index in [1.807, 2.05) is 26.0 Å². The van der Waals surface area contributed by atoms with E-state index in [2.05, 4.69) is 31.0 Å². The number of phenolic OH excluding ortho intramolecular Hbond substituents is 1. The minimum absolute atomic E-state index is 0.249. The molecular formula is C14H20N2O. The second kappa shape index (κ2) is 5.53. The molecule has 17 heavy (non-hydrogen) atoms. The minimum atomic E-state index is 0.249. The molecule has 0 aliphatic carbocycles. The van der Waals surface area contributed by atoms with Gasteiger partial charge in [-0.2, -0.15) is 5.10 Å². The van der Waals surface area contributed by atoms with Crippen molar-refractivity contribution in [1.82, 2.24) is 5.43 Å². The number of hydrazone groups is 1. The molecule has 0 radical (unpaired) electrons. The monoisotopic (exact) mass is 232 g/mol. The van der Waals surface area contributed by atoms with E-state index in [9.17, 15) is 5.11 Å². The van der Waals surface area contributed by atoms with Crippen LogP contribution < -0.4 is 5.43 Å². The van der Waals surface area contributed by atoms with E-state index < -0.39 is 0 Å². The zero-order chi connectivity index (χ0) is 13.0. The highest BCUT2D eigenvalue weighted by atomic mass is 16.3. The Hall–Kier alpha value is -1.77. The van der Waals surface area contributed by atoms with Crippen molar-refractivity contribution in [1.29, 1.82) is 0 Å². The zero-order valence-corrected chi connectivity index (χ0v) is 10.9. The van der Waals surface area contributed by atoms with Crippen molar-refractivity contribution in [3.8, 4) is 5.75 Å². The predicted molar refractivity (Wildman–Crippen MR) is 72.4 cm³/mol. The van der Waals surface area contributed by atoms with Crippen LogP contribution in [0, 0.1) is 0 Å². The van der Waals surface area contributed by atoms with E-state index in [1.54, 1.807) is 6.07 Å². The van der Waals surface area contributed by atoms with Crippen molar-refractivity contribution < 1.29 is 5.11 Å². The molecular weight excluding hydrogens is 212 g/mol. The predicted octanol–water partition coefficient (Wildman–Crippen LogP) is 3.36. The number of hydrogen-bond donors (Lipinski definition) is 2. The first-order valence-electron chi connectivity index (χ1n) is 5.71. The van der Waals surface area contributed by atoms with E-state index in [0.29, 0.717) is 5.92 Å². The maximum atomic E-state index is 9.82. The van der Waals surface area contributed by atoms with Crippen LogP contribution in [0.3, 0.4) is 0 Å². The molecule has 0 bridgehead atoms. The first-order chi connectivity index (χ1) is 7.91. The van der Waals surface area contributed by atoms with Gasteiger partial charge in [-0.05, 0) is 37.5 Å². The van der Waals surface area contributed by atoms with E-state index in [0.717, 1.165) is 17.0 Å². The highest BCUT2D eigenvalue weighted by Crippen LogP contribution is 2.23. The van der Waals surface area contributed by atoms with Crippen LogP contribution in [0.1, 0.15) is 44.7 Å². The highest BCUT2D eigenvalue weighted by molar-refractivity contribution is 6.01. The molecule has 0 aliphatic heterocycles. The molecule has 3 heteroatoms. The fourth-order valence-corrected chi connectivity index (χ4v) is 1.44. The Bertz CT molecular complexity index is 448. The fourth-order valence-electron chi connectivity index (χ4n) is 1.44. The van der Waals surface area contributed by atoms with E-state index in [1.165, 1.54) is 5.56 Å². The Morgan fingerprint density at radius 2 is 2.00 bits per heavy atom. The Kier molecular flexibility index (Phi) is 4.32. The van der Waals surface area contributed by atoms with E-state index in [-0.39, 0.29) is 5.75 Å². The summed E-state index contributed by atoms with van der Waals surface area (Å²) in [7, 11) is 0. The molecule has 0 saturated heterocycles. The molecule has 0 aromatic heterocycles. The molecule has 0 fully saturated rings. The Balaban J connectivity index is 3.07. The van der Waals surface area contributed by atoms with E-state index >= 15 is 0 Å². The molecule has 0 amide bonds. The fraction of sp³-hybridized carbons (Fsp3) is 0.357. The summed E-state index contributed by atoms with van der Waals surface area (Å²) >= 11 is 0. The van der Waals surface area contributed by atoms with Crippen molar-refractivity contribution in [3.05, 3.63) is 41.6 Å². The third-order valence-electron chi connectivity index (χ3n) is 2.49. The quantitative estimate of drug-likeness (QED) is 0.617. The van der Waals surface area contributed by atoms with Crippen LogP contribution in [-0.2, 0) is 0 Å².